The molecule has 0 fully saturated rings. The standard InChI is InChI=1S/C18H17N5O2S/c1-11-16(23-8-4-7-19-17(23)20-11)13-10-26-18(22-13)21-12-5-6-14(24-2)15(9-12)25-3/h4-10H,1-3H3,(H,21,22). The number of rotatable bonds is 5. The molecule has 4 aromatic rings. The first kappa shape index (κ1) is 16.3. The number of aryl methyl sites for hydroxylation is 1. The number of hydrogen-bond acceptors (Lipinski definition) is 7. The van der Waals surface area contributed by atoms with Crippen molar-refractivity contribution in [2.24, 2.45) is 0 Å². The highest BCUT2D eigenvalue weighted by Gasteiger charge is 2.15. The molecule has 8 heteroatoms. The van der Waals surface area contributed by atoms with Gasteiger partial charge in [0.1, 0.15) is 5.69 Å². The van der Waals surface area contributed by atoms with Gasteiger partial charge in [0.2, 0.25) is 5.78 Å². The van der Waals surface area contributed by atoms with Crippen molar-refractivity contribution in [2.75, 3.05) is 19.5 Å². The lowest BCUT2D eigenvalue weighted by atomic mass is 10.3. The van der Waals surface area contributed by atoms with Gasteiger partial charge in [-0.3, -0.25) is 4.40 Å². The Hall–Kier alpha value is -3.13. The zero-order chi connectivity index (χ0) is 18.1. The van der Waals surface area contributed by atoms with Crippen molar-refractivity contribution in [1.29, 1.82) is 0 Å². The van der Waals surface area contributed by atoms with Gasteiger partial charge in [-0.25, -0.2) is 15.0 Å². The lowest BCUT2D eigenvalue weighted by Crippen LogP contribution is -1.94. The molecule has 1 N–H and O–H groups in total. The molecular weight excluding hydrogens is 350 g/mol. The van der Waals surface area contributed by atoms with Crippen LogP contribution in [-0.2, 0) is 0 Å². The van der Waals surface area contributed by atoms with Gasteiger partial charge in [0.15, 0.2) is 16.6 Å². The van der Waals surface area contributed by atoms with E-state index in [0.717, 1.165) is 27.9 Å². The molecule has 0 spiro atoms. The monoisotopic (exact) mass is 367 g/mol. The maximum Gasteiger partial charge on any atom is 0.234 e. The van der Waals surface area contributed by atoms with Gasteiger partial charge in [-0.2, -0.15) is 0 Å². The van der Waals surface area contributed by atoms with E-state index in [9.17, 15) is 0 Å². The van der Waals surface area contributed by atoms with E-state index < -0.39 is 0 Å². The van der Waals surface area contributed by atoms with E-state index in [0.29, 0.717) is 17.3 Å². The topological polar surface area (TPSA) is 73.6 Å². The zero-order valence-electron chi connectivity index (χ0n) is 14.6. The van der Waals surface area contributed by atoms with Crippen molar-refractivity contribution in [3.63, 3.8) is 0 Å². The predicted molar refractivity (Wildman–Crippen MR) is 102 cm³/mol. The number of ether oxygens (including phenoxy) is 2. The summed E-state index contributed by atoms with van der Waals surface area (Å²) in [4.78, 5) is 13.5. The second kappa shape index (κ2) is 6.64. The van der Waals surface area contributed by atoms with Crippen LogP contribution in [0.4, 0.5) is 10.8 Å². The van der Waals surface area contributed by atoms with Crippen LogP contribution in [0.15, 0.2) is 42.0 Å². The van der Waals surface area contributed by atoms with E-state index >= 15 is 0 Å². The van der Waals surface area contributed by atoms with Crippen LogP contribution in [0.1, 0.15) is 5.69 Å². The molecule has 7 nitrogen and oxygen atoms in total. The highest BCUT2D eigenvalue weighted by atomic mass is 32.1. The van der Waals surface area contributed by atoms with Gasteiger partial charge in [-0.05, 0) is 25.1 Å². The number of hydrogen-bond donors (Lipinski definition) is 1. The molecule has 4 rings (SSSR count). The summed E-state index contributed by atoms with van der Waals surface area (Å²) < 4.78 is 12.6. The summed E-state index contributed by atoms with van der Waals surface area (Å²) >= 11 is 1.53. The van der Waals surface area contributed by atoms with Crippen LogP contribution in [0.5, 0.6) is 11.5 Å². The molecule has 1 aromatic carbocycles. The fourth-order valence-electron chi connectivity index (χ4n) is 2.78. The molecule has 3 aromatic heterocycles. The highest BCUT2D eigenvalue weighted by molar-refractivity contribution is 7.14. The number of methoxy groups -OCH3 is 2. The third kappa shape index (κ3) is 2.84. The molecule has 0 bridgehead atoms. The quantitative estimate of drug-likeness (QED) is 0.576. The molecule has 26 heavy (non-hydrogen) atoms. The lowest BCUT2D eigenvalue weighted by molar-refractivity contribution is 0.355. The Balaban J connectivity index is 1.65. The van der Waals surface area contributed by atoms with Crippen molar-refractivity contribution in [3.8, 4) is 22.9 Å². The SMILES string of the molecule is COc1ccc(Nc2nc(-c3c(C)nc4ncccn34)cs2)cc1OC. The molecule has 0 saturated heterocycles. The van der Waals surface area contributed by atoms with Crippen LogP contribution in [0.3, 0.4) is 0 Å². The number of nitrogens with one attached hydrogen (secondary N) is 1. The molecule has 0 aliphatic heterocycles. The first-order chi connectivity index (χ1) is 12.7. The number of anilines is 2. The summed E-state index contributed by atoms with van der Waals surface area (Å²) in [6.45, 7) is 1.96. The summed E-state index contributed by atoms with van der Waals surface area (Å²) in [6.07, 6.45) is 3.68. The van der Waals surface area contributed by atoms with Crippen molar-refractivity contribution in [3.05, 3.63) is 47.7 Å². The fourth-order valence-corrected chi connectivity index (χ4v) is 3.50. The van der Waals surface area contributed by atoms with Crippen molar-refractivity contribution >= 4 is 27.9 Å². The van der Waals surface area contributed by atoms with Crippen molar-refractivity contribution < 1.29 is 9.47 Å². The fraction of sp³-hybridized carbons (Fsp3) is 0.167. The van der Waals surface area contributed by atoms with E-state index in [4.69, 9.17) is 14.5 Å². The lowest BCUT2D eigenvalue weighted by Gasteiger charge is -2.09. The number of benzene rings is 1. The molecule has 0 aliphatic carbocycles. The minimum Gasteiger partial charge on any atom is -0.493 e. The predicted octanol–water partition coefficient (Wildman–Crippen LogP) is 3.92. The van der Waals surface area contributed by atoms with Crippen LogP contribution in [0, 0.1) is 6.92 Å². The summed E-state index contributed by atoms with van der Waals surface area (Å²) in [5, 5.41) is 6.10. The Bertz CT molecular complexity index is 1070. The summed E-state index contributed by atoms with van der Waals surface area (Å²) in [5.74, 6) is 2.02. The van der Waals surface area contributed by atoms with Crippen LogP contribution < -0.4 is 14.8 Å². The van der Waals surface area contributed by atoms with Crippen LogP contribution in [-0.4, -0.2) is 33.6 Å². The van der Waals surface area contributed by atoms with Gasteiger partial charge in [0.05, 0.1) is 25.6 Å². The molecule has 0 saturated carbocycles. The van der Waals surface area contributed by atoms with Gasteiger partial charge >= 0.3 is 0 Å². The summed E-state index contributed by atoms with van der Waals surface area (Å²) in [6, 6.07) is 7.54. The van der Waals surface area contributed by atoms with E-state index in [1.807, 2.05) is 47.2 Å². The van der Waals surface area contributed by atoms with Gasteiger partial charge in [-0.15, -0.1) is 11.3 Å². The molecule has 0 aliphatic rings. The minimum absolute atomic E-state index is 0.665. The van der Waals surface area contributed by atoms with Crippen LogP contribution >= 0.6 is 11.3 Å². The van der Waals surface area contributed by atoms with E-state index in [2.05, 4.69) is 15.3 Å². The number of thiazole rings is 1. The maximum atomic E-state index is 5.34. The first-order valence-electron chi connectivity index (χ1n) is 7.94. The zero-order valence-corrected chi connectivity index (χ0v) is 15.4. The molecule has 132 valence electrons. The second-order valence-electron chi connectivity index (χ2n) is 5.57. The number of nitrogens with zero attached hydrogens (tertiary/aromatic N) is 4. The van der Waals surface area contributed by atoms with Crippen molar-refractivity contribution in [1.82, 2.24) is 19.4 Å². The summed E-state index contributed by atoms with van der Waals surface area (Å²) in [7, 11) is 3.23. The average molecular weight is 367 g/mol. The average Bonchev–Trinajstić information content (AvgIpc) is 3.24. The largest absolute Gasteiger partial charge is 0.493 e. The number of aromatic nitrogens is 4. The number of imidazole rings is 1. The third-order valence-corrected chi connectivity index (χ3v) is 4.72. The van der Waals surface area contributed by atoms with Gasteiger partial charge in [-0.1, -0.05) is 0 Å². The Morgan fingerprint density at radius 3 is 2.77 bits per heavy atom. The van der Waals surface area contributed by atoms with Gasteiger partial charge in [0.25, 0.3) is 0 Å². The highest BCUT2D eigenvalue weighted by Crippen LogP contribution is 2.33. The van der Waals surface area contributed by atoms with Gasteiger partial charge in [0, 0.05) is 29.5 Å². The molecule has 0 amide bonds. The second-order valence-corrected chi connectivity index (χ2v) is 6.43. The molecule has 0 radical (unpaired) electrons. The first-order valence-corrected chi connectivity index (χ1v) is 8.82. The number of fused-ring (bicyclic) bond motifs is 1. The normalized spacial score (nSPS) is 10.9. The summed E-state index contributed by atoms with van der Waals surface area (Å²) in [5.41, 5.74) is 3.58. The molecular formula is C18H17N5O2S. The Kier molecular flexibility index (Phi) is 4.18. The minimum atomic E-state index is 0.665. The molecule has 3 heterocycles. The van der Waals surface area contributed by atoms with Crippen LogP contribution in [0.2, 0.25) is 0 Å². The van der Waals surface area contributed by atoms with Crippen LogP contribution in [0.25, 0.3) is 17.2 Å². The Labute approximate surface area is 154 Å². The van der Waals surface area contributed by atoms with E-state index in [1.165, 1.54) is 11.3 Å². The Morgan fingerprint density at radius 2 is 1.96 bits per heavy atom. The van der Waals surface area contributed by atoms with E-state index in [-0.39, 0.29) is 0 Å². The molecule has 0 unspecified atom stereocenters. The maximum absolute atomic E-state index is 5.34. The third-order valence-electron chi connectivity index (χ3n) is 3.96. The molecule has 0 atom stereocenters. The Morgan fingerprint density at radius 1 is 1.12 bits per heavy atom. The van der Waals surface area contributed by atoms with E-state index in [1.54, 1.807) is 20.4 Å². The smallest absolute Gasteiger partial charge is 0.234 e. The van der Waals surface area contributed by atoms with Crippen molar-refractivity contribution in [2.45, 2.75) is 6.92 Å². The van der Waals surface area contributed by atoms with Gasteiger partial charge < -0.3 is 14.8 Å².